The maximum atomic E-state index is 11.8. The molecule has 0 saturated carbocycles. The summed E-state index contributed by atoms with van der Waals surface area (Å²) in [4.78, 5) is 9.27. The van der Waals surface area contributed by atoms with Gasteiger partial charge in [0, 0.05) is 59.4 Å². The third kappa shape index (κ3) is 7.65. The van der Waals surface area contributed by atoms with Crippen LogP contribution in [0.5, 0.6) is 0 Å². The molecule has 1 fully saturated rings. The highest BCUT2D eigenvalue weighted by Crippen LogP contribution is 2.25. The fourth-order valence-corrected chi connectivity index (χ4v) is 4.67. The molecule has 0 aromatic heterocycles. The highest BCUT2D eigenvalue weighted by atomic mass is 127. The number of rotatable bonds is 9. The lowest BCUT2D eigenvalue weighted by molar-refractivity contribution is 0.127. The first kappa shape index (κ1) is 27.1. The molecule has 1 aromatic carbocycles. The topological polar surface area (TPSA) is 68.2 Å². The summed E-state index contributed by atoms with van der Waals surface area (Å²) in [5.41, 5.74) is 1.39. The van der Waals surface area contributed by atoms with Gasteiger partial charge in [-0.25, -0.2) is 12.7 Å². The summed E-state index contributed by atoms with van der Waals surface area (Å²) in [7, 11) is 0.344. The molecule has 1 aromatic rings. The molecule has 0 amide bonds. The zero-order valence-corrected chi connectivity index (χ0v) is 21.9. The van der Waals surface area contributed by atoms with Crippen molar-refractivity contribution in [2.75, 3.05) is 59.1 Å². The Morgan fingerprint density at radius 2 is 1.80 bits per heavy atom. The van der Waals surface area contributed by atoms with E-state index in [-0.39, 0.29) is 29.7 Å². The Labute approximate surface area is 200 Å². The first-order chi connectivity index (χ1) is 13.9. The summed E-state index contributed by atoms with van der Waals surface area (Å²) in [5.74, 6) is 1.04. The van der Waals surface area contributed by atoms with Crippen molar-refractivity contribution in [1.82, 2.24) is 19.4 Å². The number of benzene rings is 1. The van der Waals surface area contributed by atoms with E-state index in [2.05, 4.69) is 57.4 Å². The fraction of sp³-hybridized carbons (Fsp3) is 0.667. The van der Waals surface area contributed by atoms with Crippen LogP contribution in [0.3, 0.4) is 0 Å². The first-order valence-electron chi connectivity index (χ1n) is 10.6. The standard InChI is InChI=1S/C21H37N5O2S.HI/c1-5-20(19-11-8-7-9-12-19)25-15-17-26(18-16-25)21(22-3)23-13-10-14-24(4)29(27,28)6-2;/h7-9,11-12,20H,5-6,10,13-18H2,1-4H3,(H,22,23);1H. The number of halogens is 1. The third-order valence-electron chi connectivity index (χ3n) is 5.61. The molecule has 1 aliphatic heterocycles. The maximum absolute atomic E-state index is 11.8. The molecule has 30 heavy (non-hydrogen) atoms. The molecular weight excluding hydrogens is 513 g/mol. The number of hydrogen-bond donors (Lipinski definition) is 1. The van der Waals surface area contributed by atoms with E-state index in [1.54, 1.807) is 21.0 Å². The highest BCUT2D eigenvalue weighted by Gasteiger charge is 2.25. The molecule has 1 aliphatic rings. The average Bonchev–Trinajstić information content (AvgIpc) is 2.75. The lowest BCUT2D eigenvalue weighted by Gasteiger charge is -2.40. The predicted octanol–water partition coefficient (Wildman–Crippen LogP) is 2.62. The van der Waals surface area contributed by atoms with Crippen molar-refractivity contribution >= 4 is 40.0 Å². The van der Waals surface area contributed by atoms with E-state index in [1.807, 2.05) is 0 Å². The van der Waals surface area contributed by atoms with Gasteiger partial charge in [0.15, 0.2) is 5.96 Å². The Morgan fingerprint density at radius 3 is 2.33 bits per heavy atom. The smallest absolute Gasteiger partial charge is 0.213 e. The number of piperazine rings is 1. The Morgan fingerprint density at radius 1 is 1.17 bits per heavy atom. The van der Waals surface area contributed by atoms with Gasteiger partial charge in [0.05, 0.1) is 5.75 Å². The summed E-state index contributed by atoms with van der Waals surface area (Å²) in [6.07, 6.45) is 1.85. The number of guanidine groups is 1. The van der Waals surface area contributed by atoms with Crippen LogP contribution in [0, 0.1) is 0 Å². The Bertz CT molecular complexity index is 737. The second-order valence-corrected chi connectivity index (χ2v) is 9.77. The van der Waals surface area contributed by atoms with E-state index in [0.29, 0.717) is 19.1 Å². The molecule has 2 rings (SSSR count). The number of sulfonamides is 1. The number of nitrogens with zero attached hydrogens (tertiary/aromatic N) is 4. The van der Waals surface area contributed by atoms with Crippen LogP contribution in [0.15, 0.2) is 35.3 Å². The van der Waals surface area contributed by atoms with Gasteiger partial charge in [-0.2, -0.15) is 0 Å². The molecule has 7 nitrogen and oxygen atoms in total. The molecular formula is C21H38IN5O2S. The fourth-order valence-electron chi connectivity index (χ4n) is 3.82. The number of aliphatic imine (C=N–C) groups is 1. The molecule has 1 atom stereocenters. The summed E-state index contributed by atoms with van der Waals surface area (Å²) in [5, 5.41) is 3.39. The summed E-state index contributed by atoms with van der Waals surface area (Å²) < 4.78 is 25.1. The van der Waals surface area contributed by atoms with Gasteiger partial charge in [-0.1, -0.05) is 37.3 Å². The van der Waals surface area contributed by atoms with Gasteiger partial charge in [0.25, 0.3) is 0 Å². The van der Waals surface area contributed by atoms with Gasteiger partial charge >= 0.3 is 0 Å². The SMILES string of the molecule is CCC(c1ccccc1)N1CCN(C(=NC)NCCCN(C)S(=O)(=O)CC)CC1.I. The Kier molecular flexibility index (Phi) is 12.2. The second kappa shape index (κ2) is 13.5. The Hall–Kier alpha value is -0.910. The first-order valence-corrected chi connectivity index (χ1v) is 12.2. The van der Waals surface area contributed by atoms with Gasteiger partial charge in [-0.15, -0.1) is 24.0 Å². The van der Waals surface area contributed by atoms with Gasteiger partial charge in [-0.3, -0.25) is 9.89 Å². The van der Waals surface area contributed by atoms with Crippen LogP contribution in [0.4, 0.5) is 0 Å². The van der Waals surface area contributed by atoms with E-state index in [9.17, 15) is 8.42 Å². The van der Waals surface area contributed by atoms with Crippen LogP contribution in [0.2, 0.25) is 0 Å². The van der Waals surface area contributed by atoms with Crippen LogP contribution >= 0.6 is 24.0 Å². The predicted molar refractivity (Wildman–Crippen MR) is 136 cm³/mol. The minimum absolute atomic E-state index is 0. The number of nitrogens with one attached hydrogen (secondary N) is 1. The third-order valence-corrected chi connectivity index (χ3v) is 7.47. The van der Waals surface area contributed by atoms with E-state index >= 15 is 0 Å². The normalized spacial score (nSPS) is 17.0. The monoisotopic (exact) mass is 551 g/mol. The molecule has 0 bridgehead atoms. The molecule has 0 spiro atoms. The minimum atomic E-state index is -3.11. The summed E-state index contributed by atoms with van der Waals surface area (Å²) in [6, 6.07) is 11.2. The molecule has 9 heteroatoms. The van der Waals surface area contributed by atoms with Crippen molar-refractivity contribution in [3.05, 3.63) is 35.9 Å². The largest absolute Gasteiger partial charge is 0.356 e. The molecule has 1 heterocycles. The van der Waals surface area contributed by atoms with E-state index in [0.717, 1.165) is 45.0 Å². The quantitative estimate of drug-likeness (QED) is 0.221. The zero-order chi connectivity index (χ0) is 21.3. The molecule has 1 unspecified atom stereocenters. The lowest BCUT2D eigenvalue weighted by atomic mass is 10.0. The van der Waals surface area contributed by atoms with Crippen molar-refractivity contribution in [2.24, 2.45) is 4.99 Å². The van der Waals surface area contributed by atoms with Gasteiger partial charge in [-0.05, 0) is 25.3 Å². The Balaban J connectivity index is 0.00000450. The minimum Gasteiger partial charge on any atom is -0.356 e. The lowest BCUT2D eigenvalue weighted by Crippen LogP contribution is -2.53. The summed E-state index contributed by atoms with van der Waals surface area (Å²) in [6.45, 7) is 9.03. The van der Waals surface area contributed by atoms with Crippen molar-refractivity contribution < 1.29 is 8.42 Å². The summed E-state index contributed by atoms with van der Waals surface area (Å²) >= 11 is 0. The molecule has 1 saturated heterocycles. The van der Waals surface area contributed by atoms with Gasteiger partial charge in [0.2, 0.25) is 10.0 Å². The van der Waals surface area contributed by atoms with Crippen LogP contribution in [0.25, 0.3) is 0 Å². The van der Waals surface area contributed by atoms with E-state index < -0.39 is 10.0 Å². The van der Waals surface area contributed by atoms with Crippen molar-refractivity contribution in [3.8, 4) is 0 Å². The van der Waals surface area contributed by atoms with Crippen molar-refractivity contribution in [3.63, 3.8) is 0 Å². The molecule has 0 radical (unpaired) electrons. The molecule has 0 aliphatic carbocycles. The van der Waals surface area contributed by atoms with Crippen molar-refractivity contribution in [1.29, 1.82) is 0 Å². The van der Waals surface area contributed by atoms with E-state index in [1.165, 1.54) is 9.87 Å². The van der Waals surface area contributed by atoms with Gasteiger partial charge in [0.1, 0.15) is 0 Å². The molecule has 172 valence electrons. The van der Waals surface area contributed by atoms with Crippen LogP contribution in [0.1, 0.15) is 38.3 Å². The van der Waals surface area contributed by atoms with Crippen LogP contribution in [-0.2, 0) is 10.0 Å². The van der Waals surface area contributed by atoms with Gasteiger partial charge < -0.3 is 10.2 Å². The van der Waals surface area contributed by atoms with Crippen LogP contribution in [-0.4, -0.2) is 87.6 Å². The molecule has 1 N–H and O–H groups in total. The van der Waals surface area contributed by atoms with Crippen LogP contribution < -0.4 is 5.32 Å². The van der Waals surface area contributed by atoms with Crippen molar-refractivity contribution in [2.45, 2.75) is 32.7 Å². The van der Waals surface area contributed by atoms with E-state index in [4.69, 9.17) is 0 Å². The number of hydrogen-bond acceptors (Lipinski definition) is 4. The highest BCUT2D eigenvalue weighted by molar-refractivity contribution is 14.0. The zero-order valence-electron chi connectivity index (χ0n) is 18.7. The average molecular weight is 552 g/mol. The maximum Gasteiger partial charge on any atom is 0.213 e. The second-order valence-electron chi connectivity index (χ2n) is 7.41.